The number of furan rings is 1. The number of fused-ring (bicyclic) bond motifs is 3. The molecule has 6 aromatic rings. The van der Waals surface area contributed by atoms with Crippen molar-refractivity contribution in [1.29, 1.82) is 0 Å². The Balaban J connectivity index is 0.000000240. The van der Waals surface area contributed by atoms with Crippen LogP contribution < -0.4 is 5.19 Å². The first-order valence-electron chi connectivity index (χ1n) is 15.9. The number of nitrogens with zero attached hydrogens (tertiary/aromatic N) is 2. The van der Waals surface area contributed by atoms with Crippen LogP contribution >= 0.6 is 0 Å². The van der Waals surface area contributed by atoms with Gasteiger partial charge in [-0.15, -0.1) is 54.1 Å². The summed E-state index contributed by atoms with van der Waals surface area (Å²) in [5.41, 5.74) is 4.46. The fraction of sp³-hybridized carbons (Fsp3) is 0.222. The van der Waals surface area contributed by atoms with Crippen LogP contribution in [0.4, 0.5) is 0 Å². The maximum atomic E-state index is 8.51. The first kappa shape index (κ1) is 24.2. The molecular weight excluding hydrogens is 697 g/mol. The normalized spacial score (nSPS) is 13.8. The number of benzene rings is 3. The van der Waals surface area contributed by atoms with E-state index in [1.165, 1.54) is 17.4 Å². The predicted molar refractivity (Wildman–Crippen MR) is 171 cm³/mol. The first-order valence-corrected chi connectivity index (χ1v) is 16.9. The molecule has 3 heterocycles. The third-order valence-corrected chi connectivity index (χ3v) is 8.59. The average Bonchev–Trinajstić information content (AvgIpc) is 3.40. The van der Waals surface area contributed by atoms with Crippen LogP contribution in [0, 0.1) is 24.9 Å². The Morgan fingerprint density at radius 1 is 0.878 bits per heavy atom. The molecule has 41 heavy (non-hydrogen) atoms. The summed E-state index contributed by atoms with van der Waals surface area (Å²) in [6.45, 7) is 8.00. The fourth-order valence-corrected chi connectivity index (χ4v) is 5.49. The van der Waals surface area contributed by atoms with Crippen molar-refractivity contribution in [2.24, 2.45) is 5.92 Å². The van der Waals surface area contributed by atoms with Gasteiger partial charge in [0, 0.05) is 44.7 Å². The minimum absolute atomic E-state index is 0. The molecule has 6 rings (SSSR count). The molecule has 3 nitrogen and oxygen atoms in total. The molecule has 3 aromatic heterocycles. The van der Waals surface area contributed by atoms with Crippen LogP contribution in [0.25, 0.3) is 44.5 Å². The summed E-state index contributed by atoms with van der Waals surface area (Å²) in [5, 5.41) is 3.27. The molecule has 0 spiro atoms. The molecule has 0 atom stereocenters. The van der Waals surface area contributed by atoms with E-state index in [0.29, 0.717) is 16.8 Å². The Morgan fingerprint density at radius 2 is 1.66 bits per heavy atom. The van der Waals surface area contributed by atoms with Crippen molar-refractivity contribution in [3.8, 4) is 22.5 Å². The molecule has 0 saturated carbocycles. The van der Waals surface area contributed by atoms with Crippen LogP contribution in [0.5, 0.6) is 0 Å². The van der Waals surface area contributed by atoms with Gasteiger partial charge in [-0.1, -0.05) is 86.4 Å². The van der Waals surface area contributed by atoms with Gasteiger partial charge in [0.15, 0.2) is 0 Å². The van der Waals surface area contributed by atoms with E-state index in [2.05, 4.69) is 53.9 Å². The van der Waals surface area contributed by atoms with Crippen LogP contribution in [0.3, 0.4) is 0 Å². The van der Waals surface area contributed by atoms with E-state index < -0.39 is 27.2 Å². The van der Waals surface area contributed by atoms with Gasteiger partial charge in [-0.3, -0.25) is 0 Å². The summed E-state index contributed by atoms with van der Waals surface area (Å²) < 4.78 is 46.5. The molecule has 0 fully saturated rings. The maximum Gasteiger partial charge on any atom is 0.120 e. The zero-order valence-corrected chi connectivity index (χ0v) is 27.3. The summed E-state index contributed by atoms with van der Waals surface area (Å²) >= 11 is 0. The molecule has 0 aliphatic carbocycles. The number of hydrogen-bond acceptors (Lipinski definition) is 3. The molecule has 5 heteroatoms. The standard InChI is InChI=1S/C22H20NO.C14H16NSi.Ir/c1-14(2)11-16-12-20(23-13-15(16)3)19-9-6-8-18-17-7-4-5-10-21(17)24-22(18)19;1-16(2,3)13-9-10-14(15-11-13)12-7-5-4-6-8-12;/h4-8,10,12-14H,11H2,1-3H3;4-7,9-11H,1-3H3;/q2*-1;/i3D3,11D2;;. The van der Waals surface area contributed by atoms with Crippen LogP contribution in [-0.4, -0.2) is 18.0 Å². The average molecular weight is 738 g/mol. The molecule has 3 aromatic carbocycles. The van der Waals surface area contributed by atoms with E-state index in [0.717, 1.165) is 27.6 Å². The maximum absolute atomic E-state index is 8.51. The molecule has 0 saturated heterocycles. The van der Waals surface area contributed by atoms with E-state index in [9.17, 15) is 0 Å². The van der Waals surface area contributed by atoms with Gasteiger partial charge in [0.25, 0.3) is 0 Å². The first-order chi connectivity index (χ1) is 21.2. The molecule has 0 N–H and O–H groups in total. The van der Waals surface area contributed by atoms with Crippen molar-refractivity contribution in [1.82, 2.24) is 9.97 Å². The van der Waals surface area contributed by atoms with Crippen molar-refractivity contribution in [3.05, 3.63) is 115 Å². The van der Waals surface area contributed by atoms with Crippen molar-refractivity contribution >= 4 is 35.2 Å². The van der Waals surface area contributed by atoms with Gasteiger partial charge < -0.3 is 14.4 Å². The number of hydrogen-bond donors (Lipinski definition) is 0. The summed E-state index contributed by atoms with van der Waals surface area (Å²) in [6.07, 6.45) is 1.44. The van der Waals surface area contributed by atoms with Crippen LogP contribution in [0.15, 0.2) is 95.7 Å². The topological polar surface area (TPSA) is 38.9 Å². The van der Waals surface area contributed by atoms with E-state index in [1.54, 1.807) is 19.9 Å². The fourth-order valence-electron chi connectivity index (χ4n) is 4.45. The SMILES string of the molecule is C[Si](C)(C)c1ccc(-c2[c-]cccc2)nc1.[2H]C([2H])([2H])c1cnc(-c2[c-]ccc3c2oc2ccccc23)cc1C([2H])([2H])C(C)C.[Ir]. The second-order valence-electron chi connectivity index (χ2n) is 11.1. The predicted octanol–water partition coefficient (Wildman–Crippen LogP) is 9.05. The Hall–Kier alpha value is -3.37. The summed E-state index contributed by atoms with van der Waals surface area (Å²) in [7, 11) is -1.23. The van der Waals surface area contributed by atoms with Gasteiger partial charge in [-0.2, -0.15) is 0 Å². The van der Waals surface area contributed by atoms with E-state index in [4.69, 9.17) is 11.3 Å². The second kappa shape index (κ2) is 13.1. The zero-order chi connectivity index (χ0) is 32.6. The number of aromatic nitrogens is 2. The molecule has 0 unspecified atom stereocenters. The van der Waals surface area contributed by atoms with Gasteiger partial charge in [-0.25, -0.2) is 0 Å². The quantitative estimate of drug-likeness (QED) is 0.131. The van der Waals surface area contributed by atoms with Crippen LogP contribution in [0.2, 0.25) is 19.6 Å². The van der Waals surface area contributed by atoms with Crippen LogP contribution in [0.1, 0.15) is 31.8 Å². The van der Waals surface area contributed by atoms with Gasteiger partial charge in [0.05, 0.1) is 13.7 Å². The number of para-hydroxylation sites is 1. The Bertz CT molecular complexity index is 1930. The Kier molecular flexibility index (Phi) is 7.73. The van der Waals surface area contributed by atoms with Crippen molar-refractivity contribution in [3.63, 3.8) is 0 Å². The second-order valence-corrected chi connectivity index (χ2v) is 16.1. The molecule has 0 amide bonds. The molecule has 0 aliphatic rings. The zero-order valence-electron chi connectivity index (χ0n) is 28.9. The van der Waals surface area contributed by atoms with Gasteiger partial charge >= 0.3 is 0 Å². The summed E-state index contributed by atoms with van der Waals surface area (Å²) in [6, 6.07) is 31.5. The number of aryl methyl sites for hydroxylation is 1. The molecular formula is C36H36IrN2OSi-2. The Morgan fingerprint density at radius 3 is 2.34 bits per heavy atom. The van der Waals surface area contributed by atoms with E-state index >= 15 is 0 Å². The monoisotopic (exact) mass is 738 g/mol. The van der Waals surface area contributed by atoms with E-state index in [-0.39, 0.29) is 31.2 Å². The minimum atomic E-state index is -2.46. The van der Waals surface area contributed by atoms with E-state index in [1.807, 2.05) is 60.8 Å². The number of rotatable bonds is 5. The van der Waals surface area contributed by atoms with Crippen molar-refractivity contribution < 1.29 is 31.4 Å². The summed E-state index contributed by atoms with van der Waals surface area (Å²) in [5.74, 6) is -0.412. The van der Waals surface area contributed by atoms with Gasteiger partial charge in [0.1, 0.15) is 5.58 Å². The Labute approximate surface area is 265 Å². The molecule has 1 radical (unpaired) electrons. The molecule has 0 aliphatic heterocycles. The molecule has 0 bridgehead atoms. The largest absolute Gasteiger partial charge is 0.501 e. The molecule has 211 valence electrons. The van der Waals surface area contributed by atoms with Gasteiger partial charge in [-0.05, 0) is 47.3 Å². The summed E-state index contributed by atoms with van der Waals surface area (Å²) in [4.78, 5) is 8.87. The third kappa shape index (κ3) is 7.10. The van der Waals surface area contributed by atoms with Crippen molar-refractivity contribution in [2.45, 2.75) is 46.7 Å². The van der Waals surface area contributed by atoms with Crippen molar-refractivity contribution in [2.75, 3.05) is 0 Å². The smallest absolute Gasteiger partial charge is 0.120 e. The minimum Gasteiger partial charge on any atom is -0.501 e. The number of pyridine rings is 2. The van der Waals surface area contributed by atoms with Crippen LogP contribution in [-0.2, 0) is 26.5 Å². The third-order valence-electron chi connectivity index (χ3n) is 6.56. The van der Waals surface area contributed by atoms with Gasteiger partial charge in [0.2, 0.25) is 0 Å².